The maximum Gasteiger partial charge on any atom is 0.191 e. The Labute approximate surface area is 195 Å². The molecule has 0 unspecified atom stereocenters. The number of nitrogens with one attached hydrogen (secondary N) is 2. The van der Waals surface area contributed by atoms with Gasteiger partial charge in [-0.2, -0.15) is 0 Å². The maximum atomic E-state index is 4.79. The lowest BCUT2D eigenvalue weighted by molar-refractivity contribution is 0.818. The molecule has 6 heteroatoms. The number of hydrogen-bond acceptors (Lipinski definition) is 3. The highest BCUT2D eigenvalue weighted by Crippen LogP contribution is 2.19. The minimum absolute atomic E-state index is 0. The molecule has 4 rings (SSSR count). The number of aliphatic imine (C=N–C) groups is 1. The number of fused-ring (bicyclic) bond motifs is 1. The Kier molecular flexibility index (Phi) is 8.07. The molecule has 5 nitrogen and oxygen atoms in total. The van der Waals surface area contributed by atoms with E-state index >= 15 is 0 Å². The Morgan fingerprint density at radius 2 is 1.87 bits per heavy atom. The molecule has 3 aromatic rings. The Bertz CT molecular complexity index is 1020. The smallest absolute Gasteiger partial charge is 0.191 e. The summed E-state index contributed by atoms with van der Waals surface area (Å²) in [5, 5.41) is 7.98. The summed E-state index contributed by atoms with van der Waals surface area (Å²) in [6, 6.07) is 18.9. The van der Waals surface area contributed by atoms with Gasteiger partial charge < -0.3 is 15.5 Å². The van der Waals surface area contributed by atoms with Crippen LogP contribution in [-0.2, 0) is 13.1 Å². The van der Waals surface area contributed by atoms with Gasteiger partial charge in [0.05, 0.1) is 12.1 Å². The van der Waals surface area contributed by atoms with Crippen molar-refractivity contribution in [1.29, 1.82) is 0 Å². The lowest BCUT2D eigenvalue weighted by Gasteiger charge is -2.18. The van der Waals surface area contributed by atoms with Crippen LogP contribution in [0, 0.1) is 0 Å². The fourth-order valence-electron chi connectivity index (χ4n) is 3.54. The summed E-state index contributed by atoms with van der Waals surface area (Å²) in [4.78, 5) is 11.6. The van der Waals surface area contributed by atoms with E-state index < -0.39 is 0 Å². The number of rotatable bonds is 6. The number of pyridine rings is 1. The predicted octanol–water partition coefficient (Wildman–Crippen LogP) is 4.48. The quantitative estimate of drug-likeness (QED) is 0.221. The lowest BCUT2D eigenvalue weighted by Crippen LogP contribution is -2.36. The van der Waals surface area contributed by atoms with E-state index in [1.165, 1.54) is 22.2 Å². The van der Waals surface area contributed by atoms with E-state index in [1.807, 2.05) is 18.3 Å². The largest absolute Gasteiger partial charge is 0.364 e. The Morgan fingerprint density at radius 3 is 2.70 bits per heavy atom. The standard InChI is InChI=1S/C24H27N5.HI/c1-2-25-24(28-18-20-12-13-26-23-11-4-3-10-22(20)23)27-17-19-8-7-9-21(16-19)29-14-5-6-15-29;/h3-13,16H,2,14-15,17-18H2,1H3,(H2,25,27,28);1H. The van der Waals surface area contributed by atoms with Crippen LogP contribution in [-0.4, -0.2) is 30.6 Å². The summed E-state index contributed by atoms with van der Waals surface area (Å²) in [6.07, 6.45) is 6.28. The van der Waals surface area contributed by atoms with Gasteiger partial charge in [-0.1, -0.05) is 42.5 Å². The fraction of sp³-hybridized carbons (Fsp3) is 0.250. The molecule has 2 aromatic carbocycles. The molecule has 0 fully saturated rings. The maximum absolute atomic E-state index is 4.79. The zero-order chi connectivity index (χ0) is 19.9. The average molecular weight is 513 g/mol. The summed E-state index contributed by atoms with van der Waals surface area (Å²) in [6.45, 7) is 6.21. The second kappa shape index (κ2) is 11.0. The first kappa shape index (κ1) is 22.1. The molecule has 0 radical (unpaired) electrons. The molecule has 156 valence electrons. The van der Waals surface area contributed by atoms with Crippen molar-refractivity contribution in [3.8, 4) is 0 Å². The minimum Gasteiger partial charge on any atom is -0.364 e. The van der Waals surface area contributed by atoms with Gasteiger partial charge >= 0.3 is 0 Å². The van der Waals surface area contributed by atoms with Crippen molar-refractivity contribution in [2.24, 2.45) is 4.99 Å². The number of nitrogens with zero attached hydrogens (tertiary/aromatic N) is 3. The zero-order valence-electron chi connectivity index (χ0n) is 17.2. The van der Waals surface area contributed by atoms with Gasteiger partial charge in [0, 0.05) is 43.4 Å². The Balaban J connectivity index is 0.00000256. The molecule has 2 N–H and O–H groups in total. The van der Waals surface area contributed by atoms with Crippen LogP contribution < -0.4 is 15.5 Å². The van der Waals surface area contributed by atoms with Crippen molar-refractivity contribution < 1.29 is 0 Å². The molecule has 0 atom stereocenters. The minimum atomic E-state index is 0. The first-order valence-electron chi connectivity index (χ1n) is 10.2. The molecule has 30 heavy (non-hydrogen) atoms. The van der Waals surface area contributed by atoms with Gasteiger partial charge in [-0.15, -0.1) is 24.0 Å². The lowest BCUT2D eigenvalue weighted by atomic mass is 10.1. The Morgan fingerprint density at radius 1 is 1.03 bits per heavy atom. The van der Waals surface area contributed by atoms with E-state index in [9.17, 15) is 0 Å². The van der Waals surface area contributed by atoms with Crippen molar-refractivity contribution in [1.82, 2.24) is 15.6 Å². The molecule has 0 amide bonds. The average Bonchev–Trinajstić information content (AvgIpc) is 3.31. The molecule has 0 aliphatic carbocycles. The second-order valence-corrected chi connectivity index (χ2v) is 7.08. The van der Waals surface area contributed by atoms with Crippen LogP contribution in [0.5, 0.6) is 0 Å². The van der Waals surface area contributed by atoms with Crippen LogP contribution in [0.4, 0.5) is 5.69 Å². The summed E-state index contributed by atoms with van der Waals surface area (Å²) in [7, 11) is 0. The summed E-state index contributed by atoms with van der Waals surface area (Å²) in [5.74, 6) is 0.821. The number of guanidine groups is 1. The zero-order valence-corrected chi connectivity index (χ0v) is 19.5. The third-order valence-electron chi connectivity index (χ3n) is 5.04. The van der Waals surface area contributed by atoms with E-state index in [0.717, 1.165) is 31.1 Å². The van der Waals surface area contributed by atoms with Crippen LogP contribution in [0.15, 0.2) is 77.9 Å². The normalized spacial score (nSPS) is 13.4. The first-order chi connectivity index (χ1) is 14.3. The summed E-state index contributed by atoms with van der Waals surface area (Å²) in [5.41, 5.74) is 4.69. The van der Waals surface area contributed by atoms with Crippen molar-refractivity contribution in [2.45, 2.75) is 20.0 Å². The summed E-state index contributed by atoms with van der Waals surface area (Å²) >= 11 is 0. The highest BCUT2D eigenvalue weighted by Gasteiger charge is 2.08. The van der Waals surface area contributed by atoms with Gasteiger partial charge in [0.2, 0.25) is 0 Å². The number of hydrogen-bond donors (Lipinski definition) is 2. The van der Waals surface area contributed by atoms with E-state index in [1.54, 1.807) is 0 Å². The van der Waals surface area contributed by atoms with Crippen LogP contribution in [0.25, 0.3) is 10.9 Å². The van der Waals surface area contributed by atoms with E-state index in [4.69, 9.17) is 4.99 Å². The number of halogens is 1. The molecular weight excluding hydrogens is 485 g/mol. The van der Waals surface area contributed by atoms with Crippen LogP contribution in [0.2, 0.25) is 0 Å². The molecule has 0 saturated carbocycles. The topological polar surface area (TPSA) is 52.6 Å². The van der Waals surface area contributed by atoms with E-state index in [2.05, 4.69) is 82.1 Å². The molecule has 0 spiro atoms. The second-order valence-electron chi connectivity index (χ2n) is 7.08. The van der Waals surface area contributed by atoms with Gasteiger partial charge in [0.1, 0.15) is 0 Å². The van der Waals surface area contributed by atoms with Crippen molar-refractivity contribution >= 4 is 46.5 Å². The first-order valence-corrected chi connectivity index (χ1v) is 10.2. The van der Waals surface area contributed by atoms with Crippen molar-refractivity contribution in [3.63, 3.8) is 0 Å². The molecule has 1 aliphatic heterocycles. The number of benzene rings is 2. The number of para-hydroxylation sites is 1. The third kappa shape index (κ3) is 5.50. The van der Waals surface area contributed by atoms with Gasteiger partial charge in [-0.3, -0.25) is 4.98 Å². The van der Waals surface area contributed by atoms with Crippen molar-refractivity contribution in [3.05, 3.63) is 84.1 Å². The molecular formula is C24H28IN5. The van der Waals surface area contributed by atoms with E-state index in [-0.39, 0.29) is 24.0 Å². The van der Waals surface area contributed by atoms with Gasteiger partial charge in [0.25, 0.3) is 0 Å². The van der Waals surface area contributed by atoms with Gasteiger partial charge in [-0.25, -0.2) is 4.99 Å². The third-order valence-corrected chi connectivity index (χ3v) is 5.04. The van der Waals surface area contributed by atoms with Gasteiger partial charge in [0.15, 0.2) is 5.96 Å². The fourth-order valence-corrected chi connectivity index (χ4v) is 3.54. The number of anilines is 1. The molecule has 1 aromatic heterocycles. The molecule has 0 saturated heterocycles. The number of aromatic nitrogens is 1. The molecule has 0 bridgehead atoms. The van der Waals surface area contributed by atoms with Gasteiger partial charge in [-0.05, 0) is 42.3 Å². The van der Waals surface area contributed by atoms with Crippen LogP contribution >= 0.6 is 24.0 Å². The SMILES string of the molecule is CCNC(=NCc1cccc(N2CC=CC2)c1)NCc1ccnc2ccccc12.I. The highest BCUT2D eigenvalue weighted by molar-refractivity contribution is 14.0. The van der Waals surface area contributed by atoms with Crippen LogP contribution in [0.3, 0.4) is 0 Å². The monoisotopic (exact) mass is 513 g/mol. The highest BCUT2D eigenvalue weighted by atomic mass is 127. The van der Waals surface area contributed by atoms with Crippen molar-refractivity contribution in [2.75, 3.05) is 24.5 Å². The molecule has 1 aliphatic rings. The van der Waals surface area contributed by atoms with Crippen LogP contribution in [0.1, 0.15) is 18.1 Å². The summed E-state index contributed by atoms with van der Waals surface area (Å²) < 4.78 is 0. The predicted molar refractivity (Wildman–Crippen MR) is 137 cm³/mol. The molecule has 2 heterocycles. The van der Waals surface area contributed by atoms with E-state index in [0.29, 0.717) is 13.1 Å². The Hall–Kier alpha value is -2.61.